The highest BCUT2D eigenvalue weighted by Gasteiger charge is 2.15. The van der Waals surface area contributed by atoms with E-state index in [-0.39, 0.29) is 11.9 Å². The number of fused-ring (bicyclic) bond motifs is 1. The highest BCUT2D eigenvalue weighted by Crippen LogP contribution is 2.22. The summed E-state index contributed by atoms with van der Waals surface area (Å²) in [4.78, 5) is 12.6. The maximum Gasteiger partial charge on any atom is 0.230 e. The molecule has 1 atom stereocenters. The van der Waals surface area contributed by atoms with Crippen LogP contribution in [0.15, 0.2) is 78.0 Å². The molecule has 6 heteroatoms. The standard InChI is InChI=1S/C25H26N4OS/c1-3-29-23(15-19-9-5-4-6-10-19)27-28-25(29)31-17-24(30)26-18(2)21-14-13-20-11-7-8-12-22(20)16-21/h4-14,16,18H,3,15,17H2,1-2H3,(H,26,30). The van der Waals surface area contributed by atoms with E-state index in [4.69, 9.17) is 0 Å². The molecule has 0 aliphatic carbocycles. The van der Waals surface area contributed by atoms with Crippen molar-refractivity contribution in [3.8, 4) is 0 Å². The van der Waals surface area contributed by atoms with Crippen LogP contribution in [0.3, 0.4) is 0 Å². The van der Waals surface area contributed by atoms with Gasteiger partial charge in [-0.15, -0.1) is 10.2 Å². The third-order valence-corrected chi connectivity index (χ3v) is 6.26. The van der Waals surface area contributed by atoms with Crippen LogP contribution in [0.25, 0.3) is 10.8 Å². The Kier molecular flexibility index (Phi) is 6.67. The van der Waals surface area contributed by atoms with Crippen LogP contribution in [0.1, 0.15) is 36.8 Å². The Labute approximate surface area is 186 Å². The van der Waals surface area contributed by atoms with E-state index in [1.165, 1.54) is 28.1 Å². The molecule has 4 aromatic rings. The molecular weight excluding hydrogens is 404 g/mol. The fourth-order valence-electron chi connectivity index (χ4n) is 3.63. The van der Waals surface area contributed by atoms with E-state index in [1.807, 2.05) is 37.3 Å². The maximum absolute atomic E-state index is 12.6. The minimum atomic E-state index is -0.0598. The molecule has 5 nitrogen and oxygen atoms in total. The summed E-state index contributed by atoms with van der Waals surface area (Å²) in [5, 5.41) is 14.9. The molecule has 158 valence electrons. The van der Waals surface area contributed by atoms with Crippen molar-refractivity contribution in [2.75, 3.05) is 5.75 Å². The quantitative estimate of drug-likeness (QED) is 0.399. The lowest BCUT2D eigenvalue weighted by Crippen LogP contribution is -2.28. The van der Waals surface area contributed by atoms with Crippen molar-refractivity contribution in [3.05, 3.63) is 89.7 Å². The molecule has 4 rings (SSSR count). The van der Waals surface area contributed by atoms with Gasteiger partial charge in [0.1, 0.15) is 5.82 Å². The van der Waals surface area contributed by atoms with Crippen molar-refractivity contribution < 1.29 is 4.79 Å². The second-order valence-electron chi connectivity index (χ2n) is 7.49. The predicted molar refractivity (Wildman–Crippen MR) is 126 cm³/mol. The largest absolute Gasteiger partial charge is 0.349 e. The van der Waals surface area contributed by atoms with Crippen LogP contribution in [0, 0.1) is 0 Å². The van der Waals surface area contributed by atoms with E-state index in [9.17, 15) is 4.79 Å². The first kappa shape index (κ1) is 21.1. The number of aromatic nitrogens is 3. The number of hydrogen-bond donors (Lipinski definition) is 1. The van der Waals surface area contributed by atoms with E-state index < -0.39 is 0 Å². The summed E-state index contributed by atoms with van der Waals surface area (Å²) in [5.41, 5.74) is 2.29. The molecule has 1 N–H and O–H groups in total. The average molecular weight is 431 g/mol. The zero-order valence-corrected chi connectivity index (χ0v) is 18.6. The topological polar surface area (TPSA) is 59.8 Å². The third-order valence-electron chi connectivity index (χ3n) is 5.30. The molecule has 31 heavy (non-hydrogen) atoms. The van der Waals surface area contributed by atoms with Gasteiger partial charge in [-0.1, -0.05) is 78.5 Å². The molecule has 0 aliphatic rings. The van der Waals surface area contributed by atoms with Crippen LogP contribution in [0.2, 0.25) is 0 Å². The SMILES string of the molecule is CCn1c(Cc2ccccc2)nnc1SCC(=O)NC(C)c1ccc2ccccc2c1. The Morgan fingerprint density at radius 3 is 2.52 bits per heavy atom. The lowest BCUT2D eigenvalue weighted by atomic mass is 10.0. The summed E-state index contributed by atoms with van der Waals surface area (Å²) < 4.78 is 2.08. The van der Waals surface area contributed by atoms with Crippen molar-refractivity contribution in [1.82, 2.24) is 20.1 Å². The molecule has 0 fully saturated rings. The summed E-state index contributed by atoms with van der Waals surface area (Å²) in [6.45, 7) is 4.86. The lowest BCUT2D eigenvalue weighted by molar-refractivity contribution is -0.119. The van der Waals surface area contributed by atoms with Gasteiger partial charge in [-0.25, -0.2) is 0 Å². The van der Waals surface area contributed by atoms with Crippen LogP contribution in [-0.2, 0) is 17.8 Å². The molecule has 0 saturated carbocycles. The Balaban J connectivity index is 1.36. The molecule has 3 aromatic carbocycles. The van der Waals surface area contributed by atoms with Gasteiger partial charge in [0.2, 0.25) is 5.91 Å². The van der Waals surface area contributed by atoms with Crippen molar-refractivity contribution >= 4 is 28.4 Å². The second kappa shape index (κ2) is 9.79. The fraction of sp³-hybridized carbons (Fsp3) is 0.240. The number of carbonyl (C=O) groups is 1. The van der Waals surface area contributed by atoms with E-state index >= 15 is 0 Å². The van der Waals surface area contributed by atoms with Gasteiger partial charge < -0.3 is 9.88 Å². The number of rotatable bonds is 8. The van der Waals surface area contributed by atoms with Gasteiger partial charge in [0.25, 0.3) is 0 Å². The highest BCUT2D eigenvalue weighted by molar-refractivity contribution is 7.99. The normalized spacial score (nSPS) is 12.1. The molecule has 0 radical (unpaired) electrons. The van der Waals surface area contributed by atoms with Gasteiger partial charge in [0, 0.05) is 13.0 Å². The summed E-state index contributed by atoms with van der Waals surface area (Å²) in [6.07, 6.45) is 0.730. The van der Waals surface area contributed by atoms with Gasteiger partial charge in [-0.05, 0) is 41.8 Å². The van der Waals surface area contributed by atoms with Gasteiger partial charge in [0.15, 0.2) is 5.16 Å². The minimum Gasteiger partial charge on any atom is -0.349 e. The van der Waals surface area contributed by atoms with Crippen LogP contribution < -0.4 is 5.32 Å². The van der Waals surface area contributed by atoms with E-state index in [1.54, 1.807) is 0 Å². The van der Waals surface area contributed by atoms with E-state index in [0.717, 1.165) is 29.5 Å². The van der Waals surface area contributed by atoms with Crippen LogP contribution in [-0.4, -0.2) is 26.4 Å². The molecule has 0 aliphatic heterocycles. The van der Waals surface area contributed by atoms with Gasteiger partial charge in [-0.2, -0.15) is 0 Å². The molecule has 0 bridgehead atoms. The van der Waals surface area contributed by atoms with Gasteiger partial charge >= 0.3 is 0 Å². The van der Waals surface area contributed by atoms with Crippen LogP contribution in [0.5, 0.6) is 0 Å². The number of amides is 1. The number of carbonyl (C=O) groups excluding carboxylic acids is 1. The molecule has 1 heterocycles. The molecule has 1 aromatic heterocycles. The van der Waals surface area contributed by atoms with E-state index in [2.05, 4.69) is 69.5 Å². The van der Waals surface area contributed by atoms with Gasteiger partial charge in [0.05, 0.1) is 11.8 Å². The number of nitrogens with one attached hydrogen (secondary N) is 1. The molecule has 1 unspecified atom stereocenters. The summed E-state index contributed by atoms with van der Waals surface area (Å²) in [7, 11) is 0. The van der Waals surface area contributed by atoms with Crippen LogP contribution in [0.4, 0.5) is 0 Å². The number of nitrogens with zero attached hydrogens (tertiary/aromatic N) is 3. The van der Waals surface area contributed by atoms with Gasteiger partial charge in [-0.3, -0.25) is 4.79 Å². The first-order chi connectivity index (χ1) is 15.1. The first-order valence-electron chi connectivity index (χ1n) is 10.5. The minimum absolute atomic E-state index is 0.0130. The summed E-state index contributed by atoms with van der Waals surface area (Å²) in [5.74, 6) is 1.21. The number of thioether (sulfide) groups is 1. The fourth-order valence-corrected chi connectivity index (χ4v) is 4.46. The lowest BCUT2D eigenvalue weighted by Gasteiger charge is -2.15. The highest BCUT2D eigenvalue weighted by atomic mass is 32.2. The molecular formula is C25H26N4OS. The molecule has 1 amide bonds. The summed E-state index contributed by atoms with van der Waals surface area (Å²) in [6, 6.07) is 24.7. The first-order valence-corrected chi connectivity index (χ1v) is 11.5. The maximum atomic E-state index is 12.6. The Morgan fingerprint density at radius 2 is 1.74 bits per heavy atom. The summed E-state index contributed by atoms with van der Waals surface area (Å²) >= 11 is 1.43. The van der Waals surface area contributed by atoms with Crippen molar-refractivity contribution in [2.24, 2.45) is 0 Å². The molecule has 0 spiro atoms. The van der Waals surface area contributed by atoms with Crippen molar-refractivity contribution in [1.29, 1.82) is 0 Å². The van der Waals surface area contributed by atoms with Crippen molar-refractivity contribution in [3.63, 3.8) is 0 Å². The Hall–Kier alpha value is -3.12. The number of benzene rings is 3. The zero-order valence-electron chi connectivity index (χ0n) is 17.8. The van der Waals surface area contributed by atoms with Crippen molar-refractivity contribution in [2.45, 2.75) is 38.0 Å². The zero-order chi connectivity index (χ0) is 21.6. The van der Waals surface area contributed by atoms with Crippen LogP contribution >= 0.6 is 11.8 Å². The smallest absolute Gasteiger partial charge is 0.230 e. The van der Waals surface area contributed by atoms with E-state index in [0.29, 0.717) is 5.75 Å². The monoisotopic (exact) mass is 430 g/mol. The molecule has 0 saturated heterocycles. The Bertz CT molecular complexity index is 1170. The number of hydrogen-bond acceptors (Lipinski definition) is 4. The predicted octanol–water partition coefficient (Wildman–Crippen LogP) is 5.01. The Morgan fingerprint density at radius 1 is 1.00 bits per heavy atom. The average Bonchev–Trinajstić information content (AvgIpc) is 3.19. The third kappa shape index (κ3) is 5.14. The second-order valence-corrected chi connectivity index (χ2v) is 8.43.